The van der Waals surface area contributed by atoms with E-state index in [0.29, 0.717) is 16.3 Å². The molecule has 0 atom stereocenters. The minimum atomic E-state index is -1.13. The van der Waals surface area contributed by atoms with Gasteiger partial charge in [0.05, 0.1) is 10.6 Å². The summed E-state index contributed by atoms with van der Waals surface area (Å²) in [7, 11) is 0. The largest absolute Gasteiger partial charge is 0.478 e. The number of hydrogen-bond acceptors (Lipinski definition) is 3. The van der Waals surface area contributed by atoms with Crippen LogP contribution in [-0.2, 0) is 0 Å². The zero-order valence-electron chi connectivity index (χ0n) is 11.5. The van der Waals surface area contributed by atoms with E-state index in [4.69, 9.17) is 40.5 Å². The minimum Gasteiger partial charge on any atom is -0.478 e. The molecule has 1 amide bonds. The second-order valence-corrected chi connectivity index (χ2v) is 5.67. The van der Waals surface area contributed by atoms with Gasteiger partial charge in [-0.2, -0.15) is 0 Å². The number of halogens is 2. The van der Waals surface area contributed by atoms with Crippen LogP contribution in [0.2, 0.25) is 10.0 Å². The fourth-order valence-corrected chi connectivity index (χ4v) is 2.40. The molecule has 118 valence electrons. The Bertz CT molecular complexity index is 796. The monoisotopic (exact) mass is 368 g/mol. The lowest BCUT2D eigenvalue weighted by Crippen LogP contribution is -2.34. The molecular formula is C15H10Cl2N2O3S. The second-order valence-electron chi connectivity index (χ2n) is 4.42. The Kier molecular flexibility index (Phi) is 5.54. The van der Waals surface area contributed by atoms with Crippen LogP contribution in [0.5, 0.6) is 0 Å². The molecule has 5 nitrogen and oxygen atoms in total. The number of carboxylic acids is 1. The van der Waals surface area contributed by atoms with Crippen molar-refractivity contribution in [2.75, 3.05) is 5.32 Å². The first-order chi connectivity index (χ1) is 10.9. The molecule has 2 aromatic carbocycles. The molecule has 0 radical (unpaired) electrons. The maximum absolute atomic E-state index is 12.0. The molecule has 0 aliphatic rings. The molecule has 8 heteroatoms. The standard InChI is InChI=1S/C15H10Cl2N2O3S/c16-9-3-1-2-8(6-9)13(20)19-15(23)18-10-4-5-11(14(21)22)12(17)7-10/h1-7H,(H,21,22)(H2,18,19,20,23). The van der Waals surface area contributed by atoms with Crippen molar-refractivity contribution in [3.05, 3.63) is 63.6 Å². The first kappa shape index (κ1) is 17.2. The summed E-state index contributed by atoms with van der Waals surface area (Å²) in [5, 5.41) is 14.7. The van der Waals surface area contributed by atoms with Gasteiger partial charge in [0.25, 0.3) is 5.91 Å². The van der Waals surface area contributed by atoms with E-state index in [9.17, 15) is 9.59 Å². The number of carbonyl (C=O) groups excluding carboxylic acids is 1. The number of thiocarbonyl (C=S) groups is 1. The van der Waals surface area contributed by atoms with Crippen LogP contribution in [0.25, 0.3) is 0 Å². The summed E-state index contributed by atoms with van der Waals surface area (Å²) < 4.78 is 0. The Morgan fingerprint density at radius 3 is 2.43 bits per heavy atom. The maximum Gasteiger partial charge on any atom is 0.337 e. The Labute approximate surface area is 147 Å². The van der Waals surface area contributed by atoms with E-state index in [0.717, 1.165) is 0 Å². The number of anilines is 1. The van der Waals surface area contributed by atoms with Crippen molar-refractivity contribution in [1.82, 2.24) is 5.32 Å². The molecule has 2 aromatic rings. The van der Waals surface area contributed by atoms with Gasteiger partial charge in [-0.3, -0.25) is 10.1 Å². The Hall–Kier alpha value is -2.15. The number of hydrogen-bond donors (Lipinski definition) is 3. The summed E-state index contributed by atoms with van der Waals surface area (Å²) in [5.74, 6) is -1.54. The zero-order valence-corrected chi connectivity index (χ0v) is 13.8. The minimum absolute atomic E-state index is 0.0221. The Morgan fingerprint density at radius 2 is 1.83 bits per heavy atom. The predicted octanol–water partition coefficient (Wildman–Crippen LogP) is 3.82. The van der Waals surface area contributed by atoms with E-state index in [-0.39, 0.29) is 15.7 Å². The van der Waals surface area contributed by atoms with E-state index in [1.54, 1.807) is 18.2 Å². The van der Waals surface area contributed by atoms with Crippen molar-refractivity contribution in [2.24, 2.45) is 0 Å². The van der Waals surface area contributed by atoms with Crippen LogP contribution < -0.4 is 10.6 Å². The lowest BCUT2D eigenvalue weighted by molar-refractivity contribution is 0.0697. The van der Waals surface area contributed by atoms with Gasteiger partial charge >= 0.3 is 5.97 Å². The number of aromatic carboxylic acids is 1. The van der Waals surface area contributed by atoms with Gasteiger partial charge in [0.1, 0.15) is 0 Å². The van der Waals surface area contributed by atoms with E-state index in [2.05, 4.69) is 10.6 Å². The lowest BCUT2D eigenvalue weighted by Gasteiger charge is -2.10. The average molecular weight is 369 g/mol. The van der Waals surface area contributed by atoms with Crippen LogP contribution in [0.15, 0.2) is 42.5 Å². The zero-order chi connectivity index (χ0) is 17.0. The fourth-order valence-electron chi connectivity index (χ4n) is 1.73. The van der Waals surface area contributed by atoms with Gasteiger partial charge in [-0.15, -0.1) is 0 Å². The summed E-state index contributed by atoms with van der Waals surface area (Å²) in [6.07, 6.45) is 0. The molecular weight excluding hydrogens is 359 g/mol. The number of amides is 1. The van der Waals surface area contributed by atoms with Gasteiger partial charge in [-0.1, -0.05) is 29.3 Å². The van der Waals surface area contributed by atoms with Crippen LogP contribution in [0.4, 0.5) is 5.69 Å². The van der Waals surface area contributed by atoms with Gasteiger partial charge in [0.15, 0.2) is 5.11 Å². The summed E-state index contributed by atoms with van der Waals surface area (Å²) in [4.78, 5) is 22.9. The van der Waals surface area contributed by atoms with Crippen molar-refractivity contribution >= 4 is 58.1 Å². The lowest BCUT2D eigenvalue weighted by atomic mass is 10.2. The Morgan fingerprint density at radius 1 is 1.09 bits per heavy atom. The van der Waals surface area contributed by atoms with Crippen LogP contribution in [0.3, 0.4) is 0 Å². The highest BCUT2D eigenvalue weighted by atomic mass is 35.5. The quantitative estimate of drug-likeness (QED) is 0.717. The molecule has 2 rings (SSSR count). The molecule has 0 bridgehead atoms. The van der Waals surface area contributed by atoms with Gasteiger partial charge < -0.3 is 10.4 Å². The summed E-state index contributed by atoms with van der Waals surface area (Å²) >= 11 is 16.7. The van der Waals surface area contributed by atoms with Crippen LogP contribution in [0, 0.1) is 0 Å². The second kappa shape index (κ2) is 7.41. The molecule has 0 saturated heterocycles. The highest BCUT2D eigenvalue weighted by Crippen LogP contribution is 2.21. The van der Waals surface area contributed by atoms with Gasteiger partial charge in [-0.05, 0) is 48.6 Å². The average Bonchev–Trinajstić information content (AvgIpc) is 2.46. The maximum atomic E-state index is 12.0. The molecule has 0 fully saturated rings. The third-order valence-corrected chi connectivity index (χ3v) is 3.52. The topological polar surface area (TPSA) is 78.4 Å². The summed E-state index contributed by atoms with van der Waals surface area (Å²) in [5.41, 5.74) is 0.795. The van der Waals surface area contributed by atoms with Crippen LogP contribution in [0.1, 0.15) is 20.7 Å². The summed E-state index contributed by atoms with van der Waals surface area (Å²) in [6.45, 7) is 0. The van der Waals surface area contributed by atoms with Crippen molar-refractivity contribution in [1.29, 1.82) is 0 Å². The highest BCUT2D eigenvalue weighted by Gasteiger charge is 2.11. The first-order valence-corrected chi connectivity index (χ1v) is 7.44. The summed E-state index contributed by atoms with van der Waals surface area (Å²) in [6, 6.07) is 10.7. The SMILES string of the molecule is O=C(NC(=S)Nc1ccc(C(=O)O)c(Cl)c1)c1cccc(Cl)c1. The van der Waals surface area contributed by atoms with Crippen molar-refractivity contribution in [3.63, 3.8) is 0 Å². The fraction of sp³-hybridized carbons (Fsp3) is 0. The molecule has 0 spiro atoms. The van der Waals surface area contributed by atoms with E-state index >= 15 is 0 Å². The van der Waals surface area contributed by atoms with Crippen LogP contribution in [-0.4, -0.2) is 22.1 Å². The molecule has 0 heterocycles. The van der Waals surface area contributed by atoms with Gasteiger partial charge in [0.2, 0.25) is 0 Å². The molecule has 0 aromatic heterocycles. The van der Waals surface area contributed by atoms with E-state index < -0.39 is 11.9 Å². The normalized spacial score (nSPS) is 10.0. The molecule has 0 aliphatic heterocycles. The molecule has 0 unspecified atom stereocenters. The highest BCUT2D eigenvalue weighted by molar-refractivity contribution is 7.80. The molecule has 23 heavy (non-hydrogen) atoms. The number of rotatable bonds is 3. The predicted molar refractivity (Wildman–Crippen MR) is 93.6 cm³/mol. The number of nitrogens with one attached hydrogen (secondary N) is 2. The third kappa shape index (κ3) is 4.66. The number of benzene rings is 2. The van der Waals surface area contributed by atoms with Crippen molar-refractivity contribution in [3.8, 4) is 0 Å². The van der Waals surface area contributed by atoms with E-state index in [1.807, 2.05) is 0 Å². The van der Waals surface area contributed by atoms with Gasteiger partial charge in [-0.25, -0.2) is 4.79 Å². The van der Waals surface area contributed by atoms with Gasteiger partial charge in [0, 0.05) is 16.3 Å². The van der Waals surface area contributed by atoms with Crippen molar-refractivity contribution < 1.29 is 14.7 Å². The smallest absolute Gasteiger partial charge is 0.337 e. The van der Waals surface area contributed by atoms with E-state index in [1.165, 1.54) is 24.3 Å². The van der Waals surface area contributed by atoms with Crippen LogP contribution >= 0.6 is 35.4 Å². The van der Waals surface area contributed by atoms with Crippen molar-refractivity contribution in [2.45, 2.75) is 0 Å². The number of carboxylic acid groups (broad SMARTS) is 1. The molecule has 0 saturated carbocycles. The Balaban J connectivity index is 2.03. The number of carbonyl (C=O) groups is 2. The first-order valence-electron chi connectivity index (χ1n) is 6.27. The molecule has 3 N–H and O–H groups in total. The molecule has 0 aliphatic carbocycles. The third-order valence-electron chi connectivity index (χ3n) is 2.77.